The van der Waals surface area contributed by atoms with Crippen molar-refractivity contribution in [1.82, 2.24) is 9.97 Å². The Morgan fingerprint density at radius 1 is 1.25 bits per heavy atom. The normalized spacial score (nSPS) is 10.9. The van der Waals surface area contributed by atoms with Crippen LogP contribution >= 0.6 is 22.9 Å². The quantitative estimate of drug-likeness (QED) is 0.716. The zero-order valence-electron chi connectivity index (χ0n) is 11.0. The molecule has 0 amide bonds. The first-order valence-electron chi connectivity index (χ1n) is 6.00. The second-order valence-electron chi connectivity index (χ2n) is 4.43. The largest absolute Gasteiger partial charge is 0.437 e. The van der Waals surface area contributed by atoms with Crippen LogP contribution < -0.4 is 10.5 Å². The van der Waals surface area contributed by atoms with E-state index in [4.69, 9.17) is 22.1 Å². The van der Waals surface area contributed by atoms with Crippen LogP contribution in [0.15, 0.2) is 24.5 Å². The number of rotatable bonds is 2. The molecule has 0 atom stereocenters. The van der Waals surface area contributed by atoms with Gasteiger partial charge in [0.25, 0.3) is 0 Å². The third-order valence-corrected chi connectivity index (χ3v) is 4.52. The van der Waals surface area contributed by atoms with Crippen LogP contribution in [0, 0.1) is 13.8 Å². The van der Waals surface area contributed by atoms with E-state index in [9.17, 15) is 0 Å². The first-order valence-corrected chi connectivity index (χ1v) is 7.19. The van der Waals surface area contributed by atoms with Gasteiger partial charge in [-0.2, -0.15) is 0 Å². The summed E-state index contributed by atoms with van der Waals surface area (Å²) in [5.41, 5.74) is 7.47. The molecule has 0 bridgehead atoms. The molecule has 0 aliphatic rings. The molecule has 1 aromatic carbocycles. The Labute approximate surface area is 125 Å². The predicted octanol–water partition coefficient (Wildman–Crippen LogP) is 4.34. The van der Waals surface area contributed by atoms with Gasteiger partial charge in [0.2, 0.25) is 5.88 Å². The van der Waals surface area contributed by atoms with Crippen LogP contribution in [-0.2, 0) is 0 Å². The lowest BCUT2D eigenvalue weighted by molar-refractivity contribution is 0.468. The highest BCUT2D eigenvalue weighted by Gasteiger charge is 2.14. The minimum atomic E-state index is 0.495. The van der Waals surface area contributed by atoms with Crippen LogP contribution in [0.5, 0.6) is 11.6 Å². The van der Waals surface area contributed by atoms with Gasteiger partial charge in [-0.1, -0.05) is 11.6 Å². The summed E-state index contributed by atoms with van der Waals surface area (Å²) < 4.78 is 5.84. The van der Waals surface area contributed by atoms with Gasteiger partial charge in [-0.3, -0.25) is 0 Å². The van der Waals surface area contributed by atoms with Crippen LogP contribution in [0.2, 0.25) is 5.02 Å². The van der Waals surface area contributed by atoms with Gasteiger partial charge >= 0.3 is 0 Å². The number of nitrogen functional groups attached to an aromatic ring is 1. The van der Waals surface area contributed by atoms with E-state index in [1.807, 2.05) is 6.92 Å². The number of hydrogen-bond donors (Lipinski definition) is 1. The summed E-state index contributed by atoms with van der Waals surface area (Å²) in [6.45, 7) is 4.09. The zero-order valence-corrected chi connectivity index (χ0v) is 12.5. The van der Waals surface area contributed by atoms with Crippen LogP contribution in [0.4, 0.5) is 5.69 Å². The number of nitrogens with zero attached hydrogens (tertiary/aromatic N) is 2. The van der Waals surface area contributed by atoms with Crippen molar-refractivity contribution in [2.75, 3.05) is 5.73 Å². The number of hydrogen-bond acceptors (Lipinski definition) is 5. The van der Waals surface area contributed by atoms with Gasteiger partial charge in [0.05, 0.1) is 10.4 Å². The topological polar surface area (TPSA) is 61.0 Å². The average Bonchev–Trinajstić information content (AvgIpc) is 2.71. The number of thiophene rings is 1. The van der Waals surface area contributed by atoms with Gasteiger partial charge < -0.3 is 10.5 Å². The Hall–Kier alpha value is -1.85. The van der Waals surface area contributed by atoms with E-state index >= 15 is 0 Å². The average molecular weight is 306 g/mol. The highest BCUT2D eigenvalue weighted by Crippen LogP contribution is 2.37. The number of aryl methyl sites for hydroxylation is 2. The lowest BCUT2D eigenvalue weighted by Gasteiger charge is -2.08. The molecule has 2 N–H and O–H groups in total. The van der Waals surface area contributed by atoms with E-state index in [0.717, 1.165) is 15.8 Å². The molecule has 0 spiro atoms. The number of aromatic nitrogens is 2. The van der Waals surface area contributed by atoms with Crippen molar-refractivity contribution in [3.05, 3.63) is 40.0 Å². The molecule has 2 heterocycles. The molecule has 0 unspecified atom stereocenters. The monoisotopic (exact) mass is 305 g/mol. The van der Waals surface area contributed by atoms with E-state index in [1.54, 1.807) is 29.5 Å². The van der Waals surface area contributed by atoms with Gasteiger partial charge in [0.15, 0.2) is 0 Å². The fraction of sp³-hybridized carbons (Fsp3) is 0.143. The lowest BCUT2D eigenvalue weighted by Crippen LogP contribution is -1.93. The van der Waals surface area contributed by atoms with Crippen LogP contribution in [0.1, 0.15) is 10.4 Å². The first-order chi connectivity index (χ1) is 9.56. The molecule has 0 fully saturated rings. The molecule has 20 heavy (non-hydrogen) atoms. The second-order valence-corrected chi connectivity index (χ2v) is 6.04. The molecular formula is C14H12ClN3OS. The summed E-state index contributed by atoms with van der Waals surface area (Å²) in [6.07, 6.45) is 1.49. The molecule has 2 aromatic heterocycles. The van der Waals surface area contributed by atoms with E-state index in [0.29, 0.717) is 22.3 Å². The number of nitrogens with two attached hydrogens (primary N) is 1. The lowest BCUT2D eigenvalue weighted by atomic mass is 10.2. The maximum atomic E-state index is 6.12. The Kier molecular flexibility index (Phi) is 3.23. The van der Waals surface area contributed by atoms with E-state index in [1.165, 1.54) is 11.2 Å². The Morgan fingerprint density at radius 3 is 2.85 bits per heavy atom. The van der Waals surface area contributed by atoms with Crippen molar-refractivity contribution >= 4 is 38.8 Å². The molecule has 0 radical (unpaired) electrons. The molecule has 4 nitrogen and oxygen atoms in total. The summed E-state index contributed by atoms with van der Waals surface area (Å²) in [4.78, 5) is 10.6. The maximum absolute atomic E-state index is 6.12. The van der Waals surface area contributed by atoms with Gasteiger partial charge in [-0.05, 0) is 31.5 Å². The third kappa shape index (κ3) is 2.19. The van der Waals surface area contributed by atoms with E-state index in [-0.39, 0.29) is 0 Å². The highest BCUT2D eigenvalue weighted by molar-refractivity contribution is 7.18. The van der Waals surface area contributed by atoms with Gasteiger partial charge in [0.1, 0.15) is 16.9 Å². The van der Waals surface area contributed by atoms with Crippen LogP contribution in [-0.4, -0.2) is 9.97 Å². The number of benzene rings is 1. The highest BCUT2D eigenvalue weighted by atomic mass is 35.5. The molecule has 3 aromatic rings. The summed E-state index contributed by atoms with van der Waals surface area (Å²) in [7, 11) is 0. The standard InChI is InChI=1S/C14H12ClN3OS/c1-7-8(2)20-14-12(7)13(17-6-18-14)19-11-5-9(16)3-4-10(11)15/h3-6H,16H2,1-2H3. The molecule has 0 aliphatic carbocycles. The minimum absolute atomic E-state index is 0.495. The molecule has 0 saturated heterocycles. The minimum Gasteiger partial charge on any atom is -0.437 e. The molecule has 6 heteroatoms. The number of ether oxygens (including phenoxy) is 1. The summed E-state index contributed by atoms with van der Waals surface area (Å²) in [6, 6.07) is 5.12. The number of fused-ring (bicyclic) bond motifs is 1. The fourth-order valence-corrected chi connectivity index (χ4v) is 3.07. The first kappa shape index (κ1) is 13.1. The zero-order chi connectivity index (χ0) is 14.3. The van der Waals surface area contributed by atoms with E-state index < -0.39 is 0 Å². The second kappa shape index (κ2) is 4.92. The van der Waals surface area contributed by atoms with E-state index in [2.05, 4.69) is 16.9 Å². The van der Waals surface area contributed by atoms with Crippen molar-refractivity contribution < 1.29 is 4.74 Å². The van der Waals surface area contributed by atoms with Gasteiger partial charge in [0, 0.05) is 16.6 Å². The molecule has 0 aliphatic heterocycles. The van der Waals surface area contributed by atoms with Crippen LogP contribution in [0.25, 0.3) is 10.2 Å². The SMILES string of the molecule is Cc1sc2ncnc(Oc3cc(N)ccc3Cl)c2c1C. The van der Waals surface area contributed by atoms with Crippen molar-refractivity contribution in [2.45, 2.75) is 13.8 Å². The molecular weight excluding hydrogens is 294 g/mol. The Bertz CT molecular complexity index is 800. The Balaban J connectivity index is 2.13. The van der Waals surface area contributed by atoms with Crippen molar-refractivity contribution in [3.8, 4) is 11.6 Å². The smallest absolute Gasteiger partial charge is 0.231 e. The fourth-order valence-electron chi connectivity index (χ4n) is 1.93. The predicted molar refractivity (Wildman–Crippen MR) is 82.8 cm³/mol. The van der Waals surface area contributed by atoms with Crippen LogP contribution in [0.3, 0.4) is 0 Å². The summed E-state index contributed by atoms with van der Waals surface area (Å²) >= 11 is 7.74. The summed E-state index contributed by atoms with van der Waals surface area (Å²) in [5.74, 6) is 0.999. The van der Waals surface area contributed by atoms with Crippen molar-refractivity contribution in [2.24, 2.45) is 0 Å². The number of halogens is 1. The number of anilines is 1. The molecule has 102 valence electrons. The van der Waals surface area contributed by atoms with Crippen molar-refractivity contribution in [3.63, 3.8) is 0 Å². The van der Waals surface area contributed by atoms with Crippen molar-refractivity contribution in [1.29, 1.82) is 0 Å². The molecule has 0 saturated carbocycles. The Morgan fingerprint density at radius 2 is 2.05 bits per heavy atom. The third-order valence-electron chi connectivity index (χ3n) is 3.09. The van der Waals surface area contributed by atoms with Gasteiger partial charge in [-0.25, -0.2) is 9.97 Å². The maximum Gasteiger partial charge on any atom is 0.231 e. The summed E-state index contributed by atoms with van der Waals surface area (Å²) in [5, 5.41) is 1.42. The van der Waals surface area contributed by atoms with Gasteiger partial charge in [-0.15, -0.1) is 11.3 Å². The molecule has 3 rings (SSSR count).